The van der Waals surface area contributed by atoms with Crippen LogP contribution in [0, 0.1) is 5.82 Å². The molecule has 0 fully saturated rings. The molecule has 0 aliphatic rings. The number of hydrogen-bond donors (Lipinski definition) is 0. The Morgan fingerprint density at radius 1 is 0.895 bits per heavy atom. The van der Waals surface area contributed by atoms with Gasteiger partial charge in [-0.05, 0) is 29.8 Å². The van der Waals surface area contributed by atoms with E-state index >= 15 is 0 Å². The topological polar surface area (TPSA) is 0 Å². The summed E-state index contributed by atoms with van der Waals surface area (Å²) >= 11 is 11.8. The van der Waals surface area contributed by atoms with E-state index in [9.17, 15) is 17.6 Å². The Morgan fingerprint density at radius 2 is 1.47 bits per heavy atom. The van der Waals surface area contributed by atoms with Gasteiger partial charge in [-0.2, -0.15) is 13.2 Å². The largest absolute Gasteiger partial charge is 0.419 e. The van der Waals surface area contributed by atoms with Crippen molar-refractivity contribution in [3.63, 3.8) is 0 Å². The zero-order chi connectivity index (χ0) is 14.2. The lowest BCUT2D eigenvalue weighted by molar-refractivity contribution is -0.139. The highest BCUT2D eigenvalue weighted by molar-refractivity contribution is 6.39. The molecule has 0 spiro atoms. The fraction of sp³-hybridized carbons (Fsp3) is 0.0769. The van der Waals surface area contributed by atoms with E-state index in [2.05, 4.69) is 0 Å². The Bertz CT molecular complexity index is 600. The van der Waals surface area contributed by atoms with Crippen LogP contribution in [0.1, 0.15) is 5.56 Å². The molecule has 2 aromatic carbocycles. The predicted molar refractivity (Wildman–Crippen MR) is 66.9 cm³/mol. The minimum atomic E-state index is -4.73. The zero-order valence-corrected chi connectivity index (χ0v) is 10.7. The van der Waals surface area contributed by atoms with E-state index in [1.807, 2.05) is 0 Å². The molecule has 0 N–H and O–H groups in total. The molecule has 0 aliphatic carbocycles. The van der Waals surface area contributed by atoms with Crippen LogP contribution in [0.2, 0.25) is 10.0 Å². The Balaban J connectivity index is 2.58. The maximum atomic E-state index is 13.5. The van der Waals surface area contributed by atoms with E-state index in [1.165, 1.54) is 12.1 Å². The molecule has 2 aromatic rings. The van der Waals surface area contributed by atoms with Gasteiger partial charge in [0.05, 0.1) is 5.56 Å². The molecule has 6 heteroatoms. The highest BCUT2D eigenvalue weighted by Crippen LogP contribution is 2.38. The first-order valence-electron chi connectivity index (χ1n) is 5.12. The number of alkyl halides is 3. The first-order valence-corrected chi connectivity index (χ1v) is 5.87. The van der Waals surface area contributed by atoms with Crippen LogP contribution in [-0.4, -0.2) is 0 Å². The van der Waals surface area contributed by atoms with Crippen LogP contribution >= 0.6 is 23.2 Å². The summed E-state index contributed by atoms with van der Waals surface area (Å²) in [5.41, 5.74) is -0.820. The van der Waals surface area contributed by atoms with Crippen molar-refractivity contribution in [3.05, 3.63) is 57.8 Å². The molecule has 0 radical (unpaired) electrons. The van der Waals surface area contributed by atoms with Crippen molar-refractivity contribution >= 4 is 23.2 Å². The standard InChI is InChI=1S/C13H6Cl2F4/c14-9-2-1-3-10(15)12(9)7-4-5-8(11(16)6-7)13(17,18)19/h1-6H. The van der Waals surface area contributed by atoms with Crippen molar-refractivity contribution in [1.29, 1.82) is 0 Å². The lowest BCUT2D eigenvalue weighted by Gasteiger charge is -2.11. The summed E-state index contributed by atoms with van der Waals surface area (Å²) in [4.78, 5) is 0. The molecule has 0 aliphatic heterocycles. The molecule has 0 nitrogen and oxygen atoms in total. The van der Waals surface area contributed by atoms with Crippen molar-refractivity contribution < 1.29 is 17.6 Å². The number of halogens is 6. The van der Waals surface area contributed by atoms with Gasteiger partial charge in [0.1, 0.15) is 5.82 Å². The van der Waals surface area contributed by atoms with Crippen LogP contribution in [0.3, 0.4) is 0 Å². The maximum absolute atomic E-state index is 13.5. The molecule has 0 saturated carbocycles. The summed E-state index contributed by atoms with van der Waals surface area (Å²) in [7, 11) is 0. The Hall–Kier alpha value is -1.26. The molecule has 0 bridgehead atoms. The zero-order valence-electron chi connectivity index (χ0n) is 9.23. The van der Waals surface area contributed by atoms with Crippen molar-refractivity contribution in [2.75, 3.05) is 0 Å². The number of benzene rings is 2. The third kappa shape index (κ3) is 2.85. The molecule has 0 aromatic heterocycles. The van der Waals surface area contributed by atoms with Gasteiger partial charge in [-0.1, -0.05) is 35.3 Å². The first kappa shape index (κ1) is 14.2. The monoisotopic (exact) mass is 308 g/mol. The molecule has 0 saturated heterocycles. The highest BCUT2D eigenvalue weighted by Gasteiger charge is 2.34. The second-order valence-electron chi connectivity index (χ2n) is 3.79. The highest BCUT2D eigenvalue weighted by atomic mass is 35.5. The molecular weight excluding hydrogens is 303 g/mol. The fourth-order valence-corrected chi connectivity index (χ4v) is 2.29. The molecular formula is C13H6Cl2F4. The van der Waals surface area contributed by atoms with Crippen LogP contribution in [0.5, 0.6) is 0 Å². The summed E-state index contributed by atoms with van der Waals surface area (Å²) in [5.74, 6) is -1.36. The van der Waals surface area contributed by atoms with Gasteiger partial charge >= 0.3 is 6.18 Å². The van der Waals surface area contributed by atoms with Crippen molar-refractivity contribution in [1.82, 2.24) is 0 Å². The molecule has 0 heterocycles. The summed E-state index contributed by atoms with van der Waals surface area (Å²) < 4.78 is 50.8. The summed E-state index contributed by atoms with van der Waals surface area (Å²) in [5, 5.41) is 0.485. The van der Waals surface area contributed by atoms with Gasteiger partial charge < -0.3 is 0 Å². The SMILES string of the molecule is Fc1cc(-c2c(Cl)cccc2Cl)ccc1C(F)(F)F. The van der Waals surface area contributed by atoms with Crippen LogP contribution in [0.25, 0.3) is 11.1 Å². The fourth-order valence-electron chi connectivity index (χ4n) is 1.67. The van der Waals surface area contributed by atoms with E-state index in [1.54, 1.807) is 6.07 Å². The second kappa shape index (κ2) is 5.02. The average molecular weight is 309 g/mol. The van der Waals surface area contributed by atoms with Crippen LogP contribution in [0.4, 0.5) is 17.6 Å². The van der Waals surface area contributed by atoms with Crippen molar-refractivity contribution in [3.8, 4) is 11.1 Å². The van der Waals surface area contributed by atoms with Crippen LogP contribution in [0.15, 0.2) is 36.4 Å². The smallest absolute Gasteiger partial charge is 0.206 e. The number of hydrogen-bond acceptors (Lipinski definition) is 0. The van der Waals surface area contributed by atoms with Gasteiger partial charge in [-0.25, -0.2) is 4.39 Å². The van der Waals surface area contributed by atoms with Gasteiger partial charge in [0, 0.05) is 15.6 Å². The average Bonchev–Trinajstić information content (AvgIpc) is 2.27. The first-order chi connectivity index (χ1) is 8.80. The summed E-state index contributed by atoms with van der Waals surface area (Å²) in [6.45, 7) is 0. The van der Waals surface area contributed by atoms with E-state index in [4.69, 9.17) is 23.2 Å². The maximum Gasteiger partial charge on any atom is 0.419 e. The van der Waals surface area contributed by atoms with E-state index in [-0.39, 0.29) is 15.6 Å². The molecule has 2 rings (SSSR count). The molecule has 19 heavy (non-hydrogen) atoms. The van der Waals surface area contributed by atoms with Crippen LogP contribution < -0.4 is 0 Å². The molecule has 0 amide bonds. The normalized spacial score (nSPS) is 11.7. The summed E-state index contributed by atoms with van der Waals surface area (Å²) in [6.07, 6.45) is -4.73. The van der Waals surface area contributed by atoms with E-state index in [0.717, 1.165) is 12.1 Å². The minimum absolute atomic E-state index is 0.195. The van der Waals surface area contributed by atoms with Gasteiger partial charge in [-0.3, -0.25) is 0 Å². The van der Waals surface area contributed by atoms with Crippen LogP contribution in [-0.2, 0) is 6.18 Å². The third-order valence-corrected chi connectivity index (χ3v) is 3.16. The summed E-state index contributed by atoms with van der Waals surface area (Å²) in [6, 6.07) is 7.23. The lowest BCUT2D eigenvalue weighted by Crippen LogP contribution is -2.07. The van der Waals surface area contributed by atoms with E-state index < -0.39 is 17.6 Å². The number of rotatable bonds is 1. The predicted octanol–water partition coefficient (Wildman–Crippen LogP) is 5.82. The molecule has 0 atom stereocenters. The van der Waals surface area contributed by atoms with Gasteiger partial charge in [0.15, 0.2) is 0 Å². The van der Waals surface area contributed by atoms with E-state index in [0.29, 0.717) is 11.6 Å². The van der Waals surface area contributed by atoms with Gasteiger partial charge in [0.2, 0.25) is 0 Å². The lowest BCUT2D eigenvalue weighted by atomic mass is 10.0. The van der Waals surface area contributed by atoms with Gasteiger partial charge in [-0.15, -0.1) is 0 Å². The minimum Gasteiger partial charge on any atom is -0.206 e. The van der Waals surface area contributed by atoms with Gasteiger partial charge in [0.25, 0.3) is 0 Å². The molecule has 100 valence electrons. The molecule has 0 unspecified atom stereocenters. The Labute approximate surface area is 116 Å². The third-order valence-electron chi connectivity index (χ3n) is 2.53. The van der Waals surface area contributed by atoms with Crippen molar-refractivity contribution in [2.45, 2.75) is 6.18 Å². The quantitative estimate of drug-likeness (QED) is 0.582. The Kier molecular flexibility index (Phi) is 3.74. The van der Waals surface area contributed by atoms with Crippen molar-refractivity contribution in [2.24, 2.45) is 0 Å². The second-order valence-corrected chi connectivity index (χ2v) is 4.60. The Morgan fingerprint density at radius 3 is 1.95 bits per heavy atom.